The number of benzene rings is 1. The molecule has 2 aromatic rings. The number of nitrogens with one attached hydrogen (secondary N) is 1. The van der Waals surface area contributed by atoms with Crippen molar-refractivity contribution in [3.8, 4) is 0 Å². The number of sulfonamides is 1. The van der Waals surface area contributed by atoms with Crippen LogP contribution in [0.15, 0.2) is 33.3 Å². The number of nitrogens with zero attached hydrogens (tertiary/aromatic N) is 2. The molecule has 0 aliphatic carbocycles. The fraction of sp³-hybridized carbons (Fsp3) is 0.389. The van der Waals surface area contributed by atoms with Crippen molar-refractivity contribution in [2.45, 2.75) is 38.3 Å². The Kier molecular flexibility index (Phi) is 6.98. The van der Waals surface area contributed by atoms with Crippen LogP contribution in [0.3, 0.4) is 0 Å². The number of amides is 1. The number of carbonyl (C=O) groups is 2. The lowest BCUT2D eigenvalue weighted by atomic mass is 10.2. The summed E-state index contributed by atoms with van der Waals surface area (Å²) in [5, 5.41) is 4.21. The van der Waals surface area contributed by atoms with Crippen molar-refractivity contribution >= 4 is 38.9 Å². The first-order valence-corrected chi connectivity index (χ1v) is 10.9. The first kappa shape index (κ1) is 22.8. The molecule has 1 aromatic carbocycles. The maximum atomic E-state index is 12.4. The van der Waals surface area contributed by atoms with Gasteiger partial charge in [0.15, 0.2) is 6.10 Å². The molecule has 1 heterocycles. The molecule has 0 spiro atoms. The highest BCUT2D eigenvalue weighted by Crippen LogP contribution is 2.22. The molecular formula is C18H23N3O6S2. The van der Waals surface area contributed by atoms with Crippen LogP contribution < -0.4 is 10.2 Å². The minimum absolute atomic E-state index is 0.0281. The van der Waals surface area contributed by atoms with Gasteiger partial charge in [-0.25, -0.2) is 12.7 Å². The van der Waals surface area contributed by atoms with Crippen LogP contribution in [0.4, 0.5) is 5.69 Å². The number of rotatable bonds is 7. The van der Waals surface area contributed by atoms with Crippen LogP contribution in [0.2, 0.25) is 0 Å². The van der Waals surface area contributed by atoms with Gasteiger partial charge in [-0.05, 0) is 38.5 Å². The predicted octanol–water partition coefficient (Wildman–Crippen LogP) is 1.35. The number of aromatic nitrogens is 1. The van der Waals surface area contributed by atoms with E-state index >= 15 is 0 Å². The molecule has 0 radical (unpaired) electrons. The monoisotopic (exact) mass is 441 g/mol. The molecule has 0 aliphatic rings. The van der Waals surface area contributed by atoms with Gasteiger partial charge in [0.05, 0.1) is 4.90 Å². The summed E-state index contributed by atoms with van der Waals surface area (Å²) in [5.41, 5.74) is 1.57. The molecule has 0 saturated heterocycles. The second-order valence-corrected chi connectivity index (χ2v) is 9.59. The Labute approximate surface area is 173 Å². The van der Waals surface area contributed by atoms with E-state index in [0.717, 1.165) is 15.6 Å². The number of anilines is 1. The standard InChI is InChI=1S/C18H23N3O6S2/c1-11-6-7-14(29(25,26)20(4)5)8-15(11)19-17(23)13(3)27-16(22)9-21-12(2)10-28-18(21)24/h6-8,10,13H,9H2,1-5H3,(H,19,23). The molecule has 9 nitrogen and oxygen atoms in total. The number of esters is 1. The second-order valence-electron chi connectivity index (χ2n) is 6.61. The summed E-state index contributed by atoms with van der Waals surface area (Å²) >= 11 is 0.975. The average Bonchev–Trinajstić information content (AvgIpc) is 2.94. The van der Waals surface area contributed by atoms with Gasteiger partial charge in [0.25, 0.3) is 5.91 Å². The Morgan fingerprint density at radius 3 is 2.48 bits per heavy atom. The molecule has 2 rings (SSSR count). The van der Waals surface area contributed by atoms with Gasteiger partial charge in [0.1, 0.15) is 6.54 Å². The molecule has 1 amide bonds. The van der Waals surface area contributed by atoms with Crippen LogP contribution in [0.5, 0.6) is 0 Å². The van der Waals surface area contributed by atoms with E-state index in [1.54, 1.807) is 25.3 Å². The van der Waals surface area contributed by atoms with Gasteiger partial charge in [0.2, 0.25) is 10.0 Å². The average molecular weight is 442 g/mol. The van der Waals surface area contributed by atoms with Gasteiger partial charge in [-0.1, -0.05) is 17.4 Å². The van der Waals surface area contributed by atoms with Crippen LogP contribution in [0.1, 0.15) is 18.2 Å². The number of ether oxygens (including phenoxy) is 1. The van der Waals surface area contributed by atoms with Crippen molar-refractivity contribution in [2.75, 3.05) is 19.4 Å². The van der Waals surface area contributed by atoms with Crippen molar-refractivity contribution in [1.82, 2.24) is 8.87 Å². The van der Waals surface area contributed by atoms with E-state index in [4.69, 9.17) is 4.74 Å². The fourth-order valence-corrected chi connectivity index (χ4v) is 4.02. The van der Waals surface area contributed by atoms with E-state index in [0.29, 0.717) is 16.9 Å². The molecule has 0 bridgehead atoms. The van der Waals surface area contributed by atoms with E-state index in [9.17, 15) is 22.8 Å². The lowest BCUT2D eigenvalue weighted by Crippen LogP contribution is -2.32. The molecule has 158 valence electrons. The van der Waals surface area contributed by atoms with E-state index in [1.807, 2.05) is 0 Å². The molecule has 0 aliphatic heterocycles. The number of hydrogen-bond acceptors (Lipinski definition) is 7. The number of hydrogen-bond donors (Lipinski definition) is 1. The highest BCUT2D eigenvalue weighted by Gasteiger charge is 2.22. The minimum atomic E-state index is -3.66. The molecule has 1 aromatic heterocycles. The van der Waals surface area contributed by atoms with Crippen LogP contribution in [-0.2, 0) is 30.9 Å². The van der Waals surface area contributed by atoms with Gasteiger partial charge in [0, 0.05) is 30.9 Å². The Bertz CT molecular complexity index is 1090. The van der Waals surface area contributed by atoms with E-state index in [1.165, 1.54) is 37.7 Å². The van der Waals surface area contributed by atoms with Crippen LogP contribution >= 0.6 is 11.3 Å². The maximum Gasteiger partial charge on any atom is 0.326 e. The number of aryl methyl sites for hydroxylation is 2. The molecule has 0 saturated carbocycles. The van der Waals surface area contributed by atoms with Gasteiger partial charge in [-0.2, -0.15) is 0 Å². The molecule has 1 N–H and O–H groups in total. The Balaban J connectivity index is 2.09. The summed E-state index contributed by atoms with van der Waals surface area (Å²) in [5.74, 6) is -1.34. The predicted molar refractivity (Wildman–Crippen MR) is 110 cm³/mol. The summed E-state index contributed by atoms with van der Waals surface area (Å²) in [7, 11) is -0.839. The second kappa shape index (κ2) is 8.89. The lowest BCUT2D eigenvalue weighted by molar-refractivity contribution is -0.153. The zero-order valence-electron chi connectivity index (χ0n) is 16.8. The van der Waals surface area contributed by atoms with E-state index < -0.39 is 28.0 Å². The quantitative estimate of drug-likeness (QED) is 0.649. The van der Waals surface area contributed by atoms with Crippen molar-refractivity contribution < 1.29 is 22.7 Å². The van der Waals surface area contributed by atoms with E-state index in [-0.39, 0.29) is 16.3 Å². The van der Waals surface area contributed by atoms with Crippen LogP contribution in [0.25, 0.3) is 0 Å². The van der Waals surface area contributed by atoms with Crippen LogP contribution in [0, 0.1) is 13.8 Å². The largest absolute Gasteiger partial charge is 0.451 e. The van der Waals surface area contributed by atoms with Crippen molar-refractivity contribution in [3.63, 3.8) is 0 Å². The first-order chi connectivity index (χ1) is 13.4. The van der Waals surface area contributed by atoms with Gasteiger partial charge < -0.3 is 10.1 Å². The maximum absolute atomic E-state index is 12.4. The smallest absolute Gasteiger partial charge is 0.326 e. The van der Waals surface area contributed by atoms with Gasteiger partial charge in [-0.3, -0.25) is 19.0 Å². The zero-order chi connectivity index (χ0) is 21.9. The van der Waals surface area contributed by atoms with E-state index in [2.05, 4.69) is 5.32 Å². The van der Waals surface area contributed by atoms with Gasteiger partial charge >= 0.3 is 10.8 Å². The number of carbonyl (C=O) groups excluding carboxylic acids is 2. The highest BCUT2D eigenvalue weighted by atomic mass is 32.2. The zero-order valence-corrected chi connectivity index (χ0v) is 18.4. The van der Waals surface area contributed by atoms with Crippen LogP contribution in [-0.4, -0.2) is 49.4 Å². The summed E-state index contributed by atoms with van der Waals surface area (Å²) in [6.07, 6.45) is -1.13. The fourth-order valence-electron chi connectivity index (χ4n) is 2.35. The third-order valence-electron chi connectivity index (χ3n) is 4.19. The third-order valence-corrected chi connectivity index (χ3v) is 6.88. The molecule has 29 heavy (non-hydrogen) atoms. The topological polar surface area (TPSA) is 115 Å². The molecule has 0 fully saturated rings. The number of thiazole rings is 1. The van der Waals surface area contributed by atoms with Crippen molar-refractivity contribution in [3.05, 3.63) is 44.5 Å². The summed E-state index contributed by atoms with van der Waals surface area (Å²) in [6, 6.07) is 4.38. The summed E-state index contributed by atoms with van der Waals surface area (Å²) in [4.78, 5) is 35.9. The van der Waals surface area contributed by atoms with Gasteiger partial charge in [-0.15, -0.1) is 0 Å². The molecular weight excluding hydrogens is 418 g/mol. The lowest BCUT2D eigenvalue weighted by Gasteiger charge is -2.17. The SMILES string of the molecule is Cc1ccc(S(=O)(=O)N(C)C)cc1NC(=O)C(C)OC(=O)Cn1c(C)csc1=O. The summed E-state index contributed by atoms with van der Waals surface area (Å²) < 4.78 is 32.0. The Morgan fingerprint density at radius 1 is 1.28 bits per heavy atom. The summed E-state index contributed by atoms with van der Waals surface area (Å²) in [6.45, 7) is 4.51. The third kappa shape index (κ3) is 5.31. The van der Waals surface area contributed by atoms with Crippen molar-refractivity contribution in [1.29, 1.82) is 0 Å². The molecule has 1 unspecified atom stereocenters. The molecule has 1 atom stereocenters. The Morgan fingerprint density at radius 2 is 1.93 bits per heavy atom. The first-order valence-electron chi connectivity index (χ1n) is 8.62. The Hall–Kier alpha value is -2.50. The molecule has 11 heteroatoms. The highest BCUT2D eigenvalue weighted by molar-refractivity contribution is 7.89. The minimum Gasteiger partial charge on any atom is -0.451 e. The van der Waals surface area contributed by atoms with Crippen molar-refractivity contribution in [2.24, 2.45) is 0 Å². The normalized spacial score (nSPS) is 12.6.